The highest BCUT2D eigenvalue weighted by Crippen LogP contribution is 2.22. The highest BCUT2D eigenvalue weighted by molar-refractivity contribution is 9.10. The molecule has 0 unspecified atom stereocenters. The predicted octanol–water partition coefficient (Wildman–Crippen LogP) is 3.77. The standard InChI is InChI=1S/C16H16BrN3/c1-11-4-2-3-5-12(11)6-7-15-19-16(17)14-10-13(18)8-9-20(14)15/h2-5,8-10H,6-7,18H2,1H3. The van der Waals surface area contributed by atoms with E-state index in [9.17, 15) is 0 Å². The lowest BCUT2D eigenvalue weighted by Gasteiger charge is -2.05. The van der Waals surface area contributed by atoms with Crippen molar-refractivity contribution in [2.24, 2.45) is 0 Å². The van der Waals surface area contributed by atoms with E-state index in [1.165, 1.54) is 11.1 Å². The molecule has 3 aromatic rings. The number of halogens is 1. The third kappa shape index (κ3) is 2.43. The maximum absolute atomic E-state index is 5.82. The summed E-state index contributed by atoms with van der Waals surface area (Å²) in [6.07, 6.45) is 3.87. The van der Waals surface area contributed by atoms with Gasteiger partial charge in [-0.15, -0.1) is 0 Å². The normalized spacial score (nSPS) is 11.1. The molecule has 0 aliphatic heterocycles. The summed E-state index contributed by atoms with van der Waals surface area (Å²) < 4.78 is 2.95. The van der Waals surface area contributed by atoms with Gasteiger partial charge in [-0.2, -0.15) is 0 Å². The van der Waals surface area contributed by atoms with Crippen LogP contribution in [0.3, 0.4) is 0 Å². The van der Waals surface area contributed by atoms with Gasteiger partial charge in [0.25, 0.3) is 0 Å². The number of nitrogens with zero attached hydrogens (tertiary/aromatic N) is 2. The van der Waals surface area contributed by atoms with E-state index in [4.69, 9.17) is 5.73 Å². The van der Waals surface area contributed by atoms with E-state index in [1.807, 2.05) is 18.3 Å². The second-order valence-corrected chi connectivity index (χ2v) is 5.71. The second-order valence-electron chi connectivity index (χ2n) is 4.96. The summed E-state index contributed by atoms with van der Waals surface area (Å²) in [7, 11) is 0. The Hall–Kier alpha value is -1.81. The molecular weight excluding hydrogens is 314 g/mol. The quantitative estimate of drug-likeness (QED) is 0.794. The molecule has 0 bridgehead atoms. The Kier molecular flexibility index (Phi) is 3.49. The molecule has 1 aromatic carbocycles. The van der Waals surface area contributed by atoms with E-state index in [2.05, 4.69) is 56.5 Å². The van der Waals surface area contributed by atoms with Crippen molar-refractivity contribution in [2.75, 3.05) is 5.73 Å². The minimum atomic E-state index is 0.753. The SMILES string of the molecule is Cc1ccccc1CCc1nc(Br)c2cc(N)ccn12. The molecule has 102 valence electrons. The van der Waals surface area contributed by atoms with E-state index in [0.29, 0.717) is 0 Å². The molecule has 2 N–H and O–H groups in total. The minimum Gasteiger partial charge on any atom is -0.399 e. The molecule has 0 atom stereocenters. The number of rotatable bonds is 3. The summed E-state index contributed by atoms with van der Waals surface area (Å²) in [6.45, 7) is 2.15. The zero-order valence-electron chi connectivity index (χ0n) is 11.3. The summed E-state index contributed by atoms with van der Waals surface area (Å²) >= 11 is 3.51. The number of imidazole rings is 1. The molecular formula is C16H16BrN3. The highest BCUT2D eigenvalue weighted by atomic mass is 79.9. The van der Waals surface area contributed by atoms with Crippen LogP contribution >= 0.6 is 15.9 Å². The maximum Gasteiger partial charge on any atom is 0.132 e. The number of hydrogen-bond donors (Lipinski definition) is 1. The lowest BCUT2D eigenvalue weighted by atomic mass is 10.0. The molecule has 0 aliphatic carbocycles. The fourth-order valence-electron chi connectivity index (χ4n) is 2.44. The van der Waals surface area contributed by atoms with Crippen LogP contribution in [-0.4, -0.2) is 9.38 Å². The van der Waals surface area contributed by atoms with Crippen molar-refractivity contribution in [1.29, 1.82) is 0 Å². The van der Waals surface area contributed by atoms with Gasteiger partial charge in [0.1, 0.15) is 10.4 Å². The van der Waals surface area contributed by atoms with Crippen LogP contribution in [0.25, 0.3) is 5.52 Å². The number of fused-ring (bicyclic) bond motifs is 1. The van der Waals surface area contributed by atoms with Gasteiger partial charge in [-0.05, 0) is 52.5 Å². The van der Waals surface area contributed by atoms with Gasteiger partial charge in [0, 0.05) is 18.3 Å². The number of benzene rings is 1. The van der Waals surface area contributed by atoms with Gasteiger partial charge in [-0.1, -0.05) is 24.3 Å². The summed E-state index contributed by atoms with van der Waals surface area (Å²) in [5.74, 6) is 1.05. The first-order chi connectivity index (χ1) is 9.65. The zero-order valence-corrected chi connectivity index (χ0v) is 12.9. The lowest BCUT2D eigenvalue weighted by molar-refractivity contribution is 0.848. The fraction of sp³-hybridized carbons (Fsp3) is 0.188. The molecule has 0 aliphatic rings. The van der Waals surface area contributed by atoms with Crippen molar-refractivity contribution in [3.05, 3.63) is 64.1 Å². The van der Waals surface area contributed by atoms with Crippen LogP contribution < -0.4 is 5.73 Å². The van der Waals surface area contributed by atoms with Gasteiger partial charge in [-0.25, -0.2) is 4.98 Å². The summed E-state index contributed by atoms with van der Waals surface area (Å²) in [5.41, 5.74) is 10.3. The smallest absolute Gasteiger partial charge is 0.132 e. The largest absolute Gasteiger partial charge is 0.399 e. The van der Waals surface area contributed by atoms with E-state index >= 15 is 0 Å². The Bertz CT molecular complexity index is 762. The molecule has 0 saturated carbocycles. The van der Waals surface area contributed by atoms with Gasteiger partial charge < -0.3 is 10.1 Å². The average Bonchev–Trinajstić information content (AvgIpc) is 2.74. The number of nitrogens with two attached hydrogens (primary N) is 1. The first-order valence-electron chi connectivity index (χ1n) is 6.61. The molecule has 3 nitrogen and oxygen atoms in total. The van der Waals surface area contributed by atoms with Gasteiger partial charge >= 0.3 is 0 Å². The average molecular weight is 330 g/mol. The number of aryl methyl sites for hydroxylation is 3. The van der Waals surface area contributed by atoms with Crippen molar-refractivity contribution in [3.8, 4) is 0 Å². The number of hydrogen-bond acceptors (Lipinski definition) is 2. The van der Waals surface area contributed by atoms with Crippen molar-refractivity contribution in [2.45, 2.75) is 19.8 Å². The van der Waals surface area contributed by atoms with Crippen LogP contribution in [0.1, 0.15) is 17.0 Å². The maximum atomic E-state index is 5.82. The predicted molar refractivity (Wildman–Crippen MR) is 85.9 cm³/mol. The van der Waals surface area contributed by atoms with Gasteiger partial charge in [0.15, 0.2) is 0 Å². The van der Waals surface area contributed by atoms with Gasteiger partial charge in [0.05, 0.1) is 5.52 Å². The molecule has 0 amide bonds. The molecule has 0 radical (unpaired) electrons. The van der Waals surface area contributed by atoms with E-state index in [-0.39, 0.29) is 0 Å². The second kappa shape index (κ2) is 5.29. The number of pyridine rings is 1. The van der Waals surface area contributed by atoms with Gasteiger partial charge in [0.2, 0.25) is 0 Å². The Labute approximate surface area is 126 Å². The first-order valence-corrected chi connectivity index (χ1v) is 7.41. The Morgan fingerprint density at radius 2 is 2.00 bits per heavy atom. The van der Waals surface area contributed by atoms with Crippen molar-refractivity contribution < 1.29 is 0 Å². The third-order valence-corrected chi connectivity index (χ3v) is 4.16. The van der Waals surface area contributed by atoms with Crippen molar-refractivity contribution >= 4 is 27.1 Å². The molecule has 3 rings (SSSR count). The topological polar surface area (TPSA) is 43.3 Å². The fourth-order valence-corrected chi connectivity index (χ4v) is 2.95. The molecule has 4 heteroatoms. The summed E-state index contributed by atoms with van der Waals surface area (Å²) in [4.78, 5) is 4.60. The summed E-state index contributed by atoms with van der Waals surface area (Å²) in [6, 6.07) is 12.3. The molecule has 0 fully saturated rings. The Morgan fingerprint density at radius 1 is 1.20 bits per heavy atom. The molecule has 2 heterocycles. The molecule has 20 heavy (non-hydrogen) atoms. The van der Waals surface area contributed by atoms with Crippen LogP contribution in [0.5, 0.6) is 0 Å². The Balaban J connectivity index is 1.90. The number of nitrogen functional groups attached to an aromatic ring is 1. The van der Waals surface area contributed by atoms with E-state index in [0.717, 1.165) is 34.5 Å². The lowest BCUT2D eigenvalue weighted by Crippen LogP contribution is -1.99. The minimum absolute atomic E-state index is 0.753. The van der Waals surface area contributed by atoms with Crippen molar-refractivity contribution in [1.82, 2.24) is 9.38 Å². The number of anilines is 1. The zero-order chi connectivity index (χ0) is 14.1. The van der Waals surface area contributed by atoms with Crippen LogP contribution in [0.15, 0.2) is 47.2 Å². The van der Waals surface area contributed by atoms with Crippen LogP contribution in [0, 0.1) is 6.92 Å². The van der Waals surface area contributed by atoms with Crippen LogP contribution in [0.4, 0.5) is 5.69 Å². The third-order valence-electron chi connectivity index (χ3n) is 3.57. The monoisotopic (exact) mass is 329 g/mol. The van der Waals surface area contributed by atoms with Gasteiger partial charge in [-0.3, -0.25) is 0 Å². The number of aromatic nitrogens is 2. The van der Waals surface area contributed by atoms with Crippen LogP contribution in [0.2, 0.25) is 0 Å². The van der Waals surface area contributed by atoms with E-state index < -0.39 is 0 Å². The van der Waals surface area contributed by atoms with Crippen LogP contribution in [-0.2, 0) is 12.8 Å². The Morgan fingerprint density at radius 3 is 2.80 bits per heavy atom. The summed E-state index contributed by atoms with van der Waals surface area (Å²) in [5, 5.41) is 0. The molecule has 0 saturated heterocycles. The highest BCUT2D eigenvalue weighted by Gasteiger charge is 2.09. The first kappa shape index (κ1) is 13.2. The molecule has 0 spiro atoms. The molecule has 2 aromatic heterocycles. The van der Waals surface area contributed by atoms with E-state index in [1.54, 1.807) is 0 Å². The van der Waals surface area contributed by atoms with Crippen molar-refractivity contribution in [3.63, 3.8) is 0 Å².